The highest BCUT2D eigenvalue weighted by Gasteiger charge is 2.14. The maximum atomic E-state index is 12.1. The summed E-state index contributed by atoms with van der Waals surface area (Å²) in [6.45, 7) is 0. The molecule has 0 heterocycles. The van der Waals surface area contributed by atoms with Crippen LogP contribution in [0.25, 0.3) is 0 Å². The number of rotatable bonds is 2. The molecule has 2 aromatic carbocycles. The van der Waals surface area contributed by atoms with Crippen LogP contribution in [0.1, 0.15) is 10.4 Å². The Morgan fingerprint density at radius 2 is 1.79 bits per heavy atom. The Morgan fingerprint density at radius 3 is 2.42 bits per heavy atom. The van der Waals surface area contributed by atoms with E-state index in [-0.39, 0.29) is 16.3 Å². The summed E-state index contributed by atoms with van der Waals surface area (Å²) in [6, 6.07) is 9.68. The summed E-state index contributed by atoms with van der Waals surface area (Å²) in [6.07, 6.45) is 0. The first-order valence-corrected chi connectivity index (χ1v) is 7.19. The van der Waals surface area contributed by atoms with Gasteiger partial charge in [-0.15, -0.1) is 0 Å². The second-order valence-electron chi connectivity index (χ2n) is 3.71. The van der Waals surface area contributed by atoms with Gasteiger partial charge in [-0.2, -0.15) is 0 Å². The van der Waals surface area contributed by atoms with Crippen LogP contribution in [-0.4, -0.2) is 11.0 Å². The van der Waals surface area contributed by atoms with Crippen molar-refractivity contribution >= 4 is 55.1 Å². The van der Waals surface area contributed by atoms with Crippen LogP contribution < -0.4 is 5.32 Å². The SMILES string of the molecule is O=C(Nc1c(Br)cccc1Br)c1cc(O)ccc1Cl. The van der Waals surface area contributed by atoms with E-state index >= 15 is 0 Å². The molecule has 98 valence electrons. The van der Waals surface area contributed by atoms with Crippen LogP contribution in [0.2, 0.25) is 5.02 Å². The number of anilines is 1. The van der Waals surface area contributed by atoms with Crippen molar-refractivity contribution in [3.8, 4) is 5.75 Å². The minimum absolute atomic E-state index is 0.0132. The average Bonchev–Trinajstić information content (AvgIpc) is 2.37. The number of phenolic OH excluding ortho intramolecular Hbond substituents is 1. The molecule has 0 spiro atoms. The Morgan fingerprint density at radius 1 is 1.16 bits per heavy atom. The van der Waals surface area contributed by atoms with Gasteiger partial charge in [0.2, 0.25) is 0 Å². The van der Waals surface area contributed by atoms with Crippen molar-refractivity contribution in [1.29, 1.82) is 0 Å². The van der Waals surface area contributed by atoms with E-state index < -0.39 is 5.91 Å². The fraction of sp³-hybridized carbons (Fsp3) is 0. The fourth-order valence-corrected chi connectivity index (χ4v) is 2.89. The highest BCUT2D eigenvalue weighted by Crippen LogP contribution is 2.31. The molecular formula is C13H8Br2ClNO2. The zero-order valence-electron chi connectivity index (χ0n) is 9.45. The lowest BCUT2D eigenvalue weighted by molar-refractivity contribution is 0.102. The van der Waals surface area contributed by atoms with Crippen molar-refractivity contribution in [2.75, 3.05) is 5.32 Å². The van der Waals surface area contributed by atoms with Gasteiger partial charge >= 0.3 is 0 Å². The number of carbonyl (C=O) groups excluding carboxylic acids is 1. The minimum Gasteiger partial charge on any atom is -0.508 e. The van der Waals surface area contributed by atoms with Crippen LogP contribution in [0.15, 0.2) is 45.3 Å². The Kier molecular flexibility index (Phi) is 4.50. The molecule has 2 N–H and O–H groups in total. The number of nitrogens with one attached hydrogen (secondary N) is 1. The Bertz CT molecular complexity index is 626. The molecule has 2 rings (SSSR count). The van der Waals surface area contributed by atoms with E-state index in [0.29, 0.717) is 5.69 Å². The molecule has 1 amide bonds. The summed E-state index contributed by atoms with van der Waals surface area (Å²) in [7, 11) is 0. The van der Waals surface area contributed by atoms with E-state index in [1.165, 1.54) is 18.2 Å². The molecule has 6 heteroatoms. The monoisotopic (exact) mass is 403 g/mol. The summed E-state index contributed by atoms with van der Waals surface area (Å²) in [4.78, 5) is 12.1. The summed E-state index contributed by atoms with van der Waals surface area (Å²) < 4.78 is 1.48. The predicted molar refractivity (Wildman–Crippen MR) is 82.9 cm³/mol. The number of hydrogen-bond acceptors (Lipinski definition) is 2. The van der Waals surface area contributed by atoms with Gasteiger partial charge in [0.1, 0.15) is 5.75 Å². The van der Waals surface area contributed by atoms with Gasteiger partial charge in [-0.25, -0.2) is 0 Å². The molecule has 0 aromatic heterocycles. The standard InChI is InChI=1S/C13H8Br2ClNO2/c14-9-2-1-3-10(15)12(9)17-13(19)8-6-7(18)4-5-11(8)16/h1-6,18H,(H,17,19). The lowest BCUT2D eigenvalue weighted by Gasteiger charge is -2.10. The van der Waals surface area contributed by atoms with Crippen molar-refractivity contribution in [2.24, 2.45) is 0 Å². The van der Waals surface area contributed by atoms with E-state index in [4.69, 9.17) is 11.6 Å². The Balaban J connectivity index is 2.34. The number of halogens is 3. The first kappa shape index (κ1) is 14.4. The molecule has 0 saturated carbocycles. The van der Waals surface area contributed by atoms with E-state index in [1.807, 2.05) is 18.2 Å². The number of amides is 1. The third kappa shape index (κ3) is 3.29. The predicted octanol–water partition coefficient (Wildman–Crippen LogP) is 4.82. The van der Waals surface area contributed by atoms with Crippen molar-refractivity contribution in [2.45, 2.75) is 0 Å². The van der Waals surface area contributed by atoms with E-state index in [2.05, 4.69) is 37.2 Å². The smallest absolute Gasteiger partial charge is 0.257 e. The number of carbonyl (C=O) groups is 1. The third-order valence-corrected chi connectivity index (χ3v) is 4.05. The number of benzene rings is 2. The quantitative estimate of drug-likeness (QED) is 0.752. The zero-order chi connectivity index (χ0) is 14.0. The van der Waals surface area contributed by atoms with Crippen LogP contribution in [0, 0.1) is 0 Å². The van der Waals surface area contributed by atoms with Gasteiger partial charge in [0.15, 0.2) is 0 Å². The van der Waals surface area contributed by atoms with E-state index in [9.17, 15) is 9.90 Å². The lowest BCUT2D eigenvalue weighted by Crippen LogP contribution is -2.13. The van der Waals surface area contributed by atoms with E-state index in [1.54, 1.807) is 0 Å². The van der Waals surface area contributed by atoms with Gasteiger partial charge in [0, 0.05) is 8.95 Å². The third-order valence-electron chi connectivity index (χ3n) is 2.40. The maximum absolute atomic E-state index is 12.1. The van der Waals surface area contributed by atoms with Crippen molar-refractivity contribution < 1.29 is 9.90 Å². The molecule has 0 atom stereocenters. The average molecular weight is 405 g/mol. The summed E-state index contributed by atoms with van der Waals surface area (Å²) in [5, 5.41) is 12.4. The Labute approximate surface area is 131 Å². The number of phenols is 1. The van der Waals surface area contributed by atoms with Crippen LogP contribution >= 0.6 is 43.5 Å². The highest BCUT2D eigenvalue weighted by molar-refractivity contribution is 9.11. The van der Waals surface area contributed by atoms with Gasteiger partial charge in [-0.3, -0.25) is 4.79 Å². The highest BCUT2D eigenvalue weighted by atomic mass is 79.9. The summed E-state index contributed by atoms with van der Waals surface area (Å²) in [5.74, 6) is -0.408. The maximum Gasteiger partial charge on any atom is 0.257 e. The van der Waals surface area contributed by atoms with Crippen molar-refractivity contribution in [1.82, 2.24) is 0 Å². The molecule has 0 unspecified atom stereocenters. The summed E-state index contributed by atoms with van der Waals surface area (Å²) in [5.41, 5.74) is 0.816. The zero-order valence-corrected chi connectivity index (χ0v) is 13.4. The molecule has 0 bridgehead atoms. The van der Waals surface area contributed by atoms with Gasteiger partial charge in [0.05, 0.1) is 16.3 Å². The van der Waals surface area contributed by atoms with Crippen LogP contribution in [0.4, 0.5) is 5.69 Å². The molecule has 0 aliphatic carbocycles. The molecule has 0 fully saturated rings. The molecule has 0 aliphatic heterocycles. The Hall–Kier alpha value is -1.04. The van der Waals surface area contributed by atoms with E-state index in [0.717, 1.165) is 8.95 Å². The molecule has 3 nitrogen and oxygen atoms in total. The van der Waals surface area contributed by atoms with Crippen LogP contribution in [-0.2, 0) is 0 Å². The van der Waals surface area contributed by atoms with Crippen molar-refractivity contribution in [3.63, 3.8) is 0 Å². The molecule has 0 radical (unpaired) electrons. The first-order chi connectivity index (χ1) is 8.99. The van der Waals surface area contributed by atoms with Crippen LogP contribution in [0.5, 0.6) is 5.75 Å². The number of aromatic hydroxyl groups is 1. The molecule has 0 aliphatic rings. The van der Waals surface area contributed by atoms with Crippen molar-refractivity contribution in [3.05, 3.63) is 55.9 Å². The largest absolute Gasteiger partial charge is 0.508 e. The second kappa shape index (κ2) is 5.94. The minimum atomic E-state index is -0.395. The van der Waals surface area contributed by atoms with Gasteiger partial charge in [-0.1, -0.05) is 17.7 Å². The van der Waals surface area contributed by atoms with Gasteiger partial charge in [0.25, 0.3) is 5.91 Å². The first-order valence-electron chi connectivity index (χ1n) is 5.23. The second-order valence-corrected chi connectivity index (χ2v) is 5.83. The topological polar surface area (TPSA) is 49.3 Å². The number of hydrogen-bond donors (Lipinski definition) is 2. The molecule has 0 saturated heterocycles. The van der Waals surface area contributed by atoms with Gasteiger partial charge in [-0.05, 0) is 62.2 Å². The summed E-state index contributed by atoms with van der Waals surface area (Å²) >= 11 is 12.6. The van der Waals surface area contributed by atoms with Crippen LogP contribution in [0.3, 0.4) is 0 Å². The molecule has 2 aromatic rings. The molecule has 19 heavy (non-hydrogen) atoms. The van der Waals surface area contributed by atoms with Gasteiger partial charge < -0.3 is 10.4 Å². The lowest BCUT2D eigenvalue weighted by atomic mass is 10.2. The molecular weight excluding hydrogens is 397 g/mol. The fourth-order valence-electron chi connectivity index (χ4n) is 1.49. The normalized spacial score (nSPS) is 10.3. The number of para-hydroxylation sites is 1.